The lowest BCUT2D eigenvalue weighted by molar-refractivity contribution is -0.155. The Morgan fingerprint density at radius 3 is 2.32 bits per heavy atom. The highest BCUT2D eigenvalue weighted by molar-refractivity contribution is 5.79. The standard InChI is InChI=1S/C13H24N2O4/c1-9-4-6-10(7-5-9)15(3)12(18)14-8-13(2,19)11(16)17/h9-10,19H,4-8H2,1-3H3,(H,14,18)(H,16,17). The van der Waals surface area contributed by atoms with Gasteiger partial charge >= 0.3 is 12.0 Å². The smallest absolute Gasteiger partial charge is 0.337 e. The first-order chi connectivity index (χ1) is 8.74. The molecule has 0 aliphatic heterocycles. The molecule has 110 valence electrons. The van der Waals surface area contributed by atoms with Gasteiger partial charge in [-0.15, -0.1) is 0 Å². The van der Waals surface area contributed by atoms with Gasteiger partial charge < -0.3 is 20.4 Å². The average Bonchev–Trinajstić information content (AvgIpc) is 2.36. The van der Waals surface area contributed by atoms with Gasteiger partial charge in [0, 0.05) is 13.1 Å². The summed E-state index contributed by atoms with van der Waals surface area (Å²) in [7, 11) is 1.71. The maximum Gasteiger partial charge on any atom is 0.337 e. The normalized spacial score (nSPS) is 26.3. The number of nitrogens with zero attached hydrogens (tertiary/aromatic N) is 1. The summed E-state index contributed by atoms with van der Waals surface area (Å²) in [6.07, 6.45) is 4.16. The first-order valence-electron chi connectivity index (χ1n) is 6.70. The van der Waals surface area contributed by atoms with E-state index in [9.17, 15) is 14.7 Å². The van der Waals surface area contributed by atoms with Gasteiger partial charge in [0.1, 0.15) is 0 Å². The predicted octanol–water partition coefficient (Wildman–Crippen LogP) is 1.04. The van der Waals surface area contributed by atoms with Crippen LogP contribution in [0.3, 0.4) is 0 Å². The highest BCUT2D eigenvalue weighted by atomic mass is 16.4. The number of carboxylic acids is 1. The second-order valence-corrected chi connectivity index (χ2v) is 5.76. The number of carbonyl (C=O) groups is 2. The van der Waals surface area contributed by atoms with E-state index < -0.39 is 11.6 Å². The number of rotatable bonds is 4. The second kappa shape index (κ2) is 6.23. The molecule has 0 spiro atoms. The zero-order chi connectivity index (χ0) is 14.6. The van der Waals surface area contributed by atoms with Crippen molar-refractivity contribution in [3.05, 3.63) is 0 Å². The molecule has 6 heteroatoms. The molecular weight excluding hydrogens is 248 g/mol. The lowest BCUT2D eigenvalue weighted by Crippen LogP contribution is -2.51. The summed E-state index contributed by atoms with van der Waals surface area (Å²) in [4.78, 5) is 24.2. The van der Waals surface area contributed by atoms with Crippen molar-refractivity contribution >= 4 is 12.0 Å². The van der Waals surface area contributed by atoms with Gasteiger partial charge in [0.2, 0.25) is 0 Å². The second-order valence-electron chi connectivity index (χ2n) is 5.76. The van der Waals surface area contributed by atoms with Crippen LogP contribution in [0.5, 0.6) is 0 Å². The van der Waals surface area contributed by atoms with E-state index in [1.807, 2.05) is 0 Å². The molecule has 2 amide bonds. The number of aliphatic hydroxyl groups is 1. The Balaban J connectivity index is 2.43. The van der Waals surface area contributed by atoms with Crippen LogP contribution >= 0.6 is 0 Å². The minimum Gasteiger partial charge on any atom is -0.479 e. The minimum absolute atomic E-state index is 0.200. The van der Waals surface area contributed by atoms with Crippen LogP contribution in [-0.4, -0.2) is 52.3 Å². The van der Waals surface area contributed by atoms with Gasteiger partial charge in [-0.2, -0.15) is 0 Å². The van der Waals surface area contributed by atoms with E-state index in [1.54, 1.807) is 11.9 Å². The van der Waals surface area contributed by atoms with Gasteiger partial charge in [-0.05, 0) is 38.5 Å². The summed E-state index contributed by atoms with van der Waals surface area (Å²) in [5, 5.41) is 20.8. The topological polar surface area (TPSA) is 89.9 Å². The molecule has 1 saturated carbocycles. The molecular formula is C13H24N2O4. The van der Waals surface area contributed by atoms with Gasteiger partial charge in [-0.1, -0.05) is 6.92 Å². The van der Waals surface area contributed by atoms with Gasteiger partial charge in [-0.25, -0.2) is 9.59 Å². The lowest BCUT2D eigenvalue weighted by Gasteiger charge is -2.34. The van der Waals surface area contributed by atoms with E-state index in [2.05, 4.69) is 12.2 Å². The van der Waals surface area contributed by atoms with E-state index in [1.165, 1.54) is 0 Å². The van der Waals surface area contributed by atoms with Crippen LogP contribution in [0.1, 0.15) is 39.5 Å². The Bertz CT molecular complexity index is 336. The molecule has 3 N–H and O–H groups in total. The number of hydrogen-bond donors (Lipinski definition) is 3. The third-order valence-electron chi connectivity index (χ3n) is 3.90. The molecule has 1 aliphatic rings. The summed E-state index contributed by atoms with van der Waals surface area (Å²) in [5.41, 5.74) is -1.93. The molecule has 6 nitrogen and oxygen atoms in total. The first-order valence-corrected chi connectivity index (χ1v) is 6.70. The number of nitrogens with one attached hydrogen (secondary N) is 1. The van der Waals surface area contributed by atoms with Crippen LogP contribution in [0.2, 0.25) is 0 Å². The Labute approximate surface area is 113 Å². The zero-order valence-corrected chi connectivity index (χ0v) is 11.8. The summed E-state index contributed by atoms with van der Waals surface area (Å²) in [6, 6.07) is -0.132. The molecule has 19 heavy (non-hydrogen) atoms. The third-order valence-corrected chi connectivity index (χ3v) is 3.90. The average molecular weight is 272 g/mol. The first kappa shape index (κ1) is 15.8. The Morgan fingerprint density at radius 1 is 1.32 bits per heavy atom. The Kier molecular flexibility index (Phi) is 5.17. The van der Waals surface area contributed by atoms with E-state index in [0.717, 1.165) is 32.6 Å². The molecule has 0 radical (unpaired) electrons. The van der Waals surface area contributed by atoms with Gasteiger partial charge in [0.25, 0.3) is 0 Å². The lowest BCUT2D eigenvalue weighted by atomic mass is 9.87. The van der Waals surface area contributed by atoms with E-state index >= 15 is 0 Å². The molecule has 0 aromatic rings. The molecule has 1 aliphatic carbocycles. The fraction of sp³-hybridized carbons (Fsp3) is 0.846. The molecule has 1 atom stereocenters. The summed E-state index contributed by atoms with van der Waals surface area (Å²) in [6.45, 7) is 3.08. The molecule has 0 aromatic heterocycles. The Morgan fingerprint density at radius 2 is 1.84 bits per heavy atom. The number of hydrogen-bond acceptors (Lipinski definition) is 3. The van der Waals surface area contributed by atoms with Crippen LogP contribution in [0.4, 0.5) is 4.79 Å². The summed E-state index contributed by atoms with van der Waals surface area (Å²) in [5.74, 6) is -0.637. The molecule has 1 rings (SSSR count). The summed E-state index contributed by atoms with van der Waals surface area (Å²) < 4.78 is 0. The fourth-order valence-electron chi connectivity index (χ4n) is 2.24. The molecule has 1 unspecified atom stereocenters. The van der Waals surface area contributed by atoms with E-state index in [4.69, 9.17) is 5.11 Å². The molecule has 0 saturated heterocycles. The highest BCUT2D eigenvalue weighted by Crippen LogP contribution is 2.26. The van der Waals surface area contributed by atoms with Crippen molar-refractivity contribution in [2.75, 3.05) is 13.6 Å². The molecule has 0 bridgehead atoms. The van der Waals surface area contributed by atoms with E-state index in [0.29, 0.717) is 5.92 Å². The van der Waals surface area contributed by atoms with Crippen molar-refractivity contribution in [2.45, 2.75) is 51.2 Å². The van der Waals surface area contributed by atoms with E-state index in [-0.39, 0.29) is 18.6 Å². The van der Waals surface area contributed by atoms with Crippen molar-refractivity contribution in [3.63, 3.8) is 0 Å². The maximum absolute atomic E-state index is 11.9. The number of urea groups is 1. The minimum atomic E-state index is -1.93. The SMILES string of the molecule is CC1CCC(N(C)C(=O)NCC(C)(O)C(=O)O)CC1. The van der Waals surface area contributed by atoms with Gasteiger partial charge in [0.15, 0.2) is 5.60 Å². The van der Waals surface area contributed by atoms with Crippen molar-refractivity contribution in [1.82, 2.24) is 10.2 Å². The number of amides is 2. The number of carboxylic acid groups (broad SMARTS) is 1. The van der Waals surface area contributed by atoms with Crippen LogP contribution in [0.25, 0.3) is 0 Å². The van der Waals surface area contributed by atoms with Crippen LogP contribution in [0.15, 0.2) is 0 Å². The fourth-order valence-corrected chi connectivity index (χ4v) is 2.24. The Hall–Kier alpha value is -1.30. The van der Waals surface area contributed by atoms with Gasteiger partial charge in [0.05, 0.1) is 6.54 Å². The number of aliphatic carboxylic acids is 1. The molecule has 0 heterocycles. The largest absolute Gasteiger partial charge is 0.479 e. The highest BCUT2D eigenvalue weighted by Gasteiger charge is 2.31. The van der Waals surface area contributed by atoms with Crippen molar-refractivity contribution in [2.24, 2.45) is 5.92 Å². The van der Waals surface area contributed by atoms with Crippen LogP contribution in [0, 0.1) is 5.92 Å². The van der Waals surface area contributed by atoms with Crippen molar-refractivity contribution in [1.29, 1.82) is 0 Å². The number of carbonyl (C=O) groups excluding carboxylic acids is 1. The van der Waals surface area contributed by atoms with Gasteiger partial charge in [-0.3, -0.25) is 0 Å². The predicted molar refractivity (Wildman–Crippen MR) is 70.8 cm³/mol. The third kappa shape index (κ3) is 4.38. The van der Waals surface area contributed by atoms with Crippen molar-refractivity contribution < 1.29 is 19.8 Å². The van der Waals surface area contributed by atoms with Crippen LogP contribution < -0.4 is 5.32 Å². The zero-order valence-electron chi connectivity index (χ0n) is 11.8. The summed E-state index contributed by atoms with van der Waals surface area (Å²) >= 11 is 0. The quantitative estimate of drug-likeness (QED) is 0.713. The monoisotopic (exact) mass is 272 g/mol. The molecule has 0 aromatic carbocycles. The maximum atomic E-state index is 11.9. The van der Waals surface area contributed by atoms with Crippen LogP contribution in [-0.2, 0) is 4.79 Å². The van der Waals surface area contributed by atoms with Crippen molar-refractivity contribution in [3.8, 4) is 0 Å². The molecule has 1 fully saturated rings.